The minimum Gasteiger partial charge on any atom is -0.486 e. The fourth-order valence-corrected chi connectivity index (χ4v) is 7.22. The van der Waals surface area contributed by atoms with E-state index in [-0.39, 0.29) is 11.2 Å². The predicted octanol–water partition coefficient (Wildman–Crippen LogP) is 9.73. The lowest BCUT2D eigenvalue weighted by atomic mass is 9.98. The van der Waals surface area contributed by atoms with Crippen molar-refractivity contribution < 1.29 is 18.9 Å². The van der Waals surface area contributed by atoms with Gasteiger partial charge in [0.2, 0.25) is 0 Å². The van der Waals surface area contributed by atoms with Crippen LogP contribution in [0.25, 0.3) is 0 Å². The van der Waals surface area contributed by atoms with E-state index >= 15 is 0 Å². The van der Waals surface area contributed by atoms with Gasteiger partial charge in [-0.05, 0) is 94.6 Å². The average molecular weight is 757 g/mol. The van der Waals surface area contributed by atoms with E-state index in [4.69, 9.17) is 42.1 Å². The highest BCUT2D eigenvalue weighted by atomic mass is 79.9. The smallest absolute Gasteiger partial charge is 0.120 e. The van der Waals surface area contributed by atoms with Crippen molar-refractivity contribution >= 4 is 39.1 Å². The lowest BCUT2D eigenvalue weighted by Crippen LogP contribution is -2.37. The predicted molar refractivity (Wildman–Crippen MR) is 199 cm³/mol. The van der Waals surface area contributed by atoms with Crippen LogP contribution in [0.15, 0.2) is 48.5 Å². The molecule has 2 aromatic carbocycles. The number of ether oxygens (including phenoxy) is 4. The van der Waals surface area contributed by atoms with Crippen LogP contribution in [0.4, 0.5) is 0 Å². The van der Waals surface area contributed by atoms with E-state index in [1.807, 2.05) is 48.5 Å². The summed E-state index contributed by atoms with van der Waals surface area (Å²) in [5.74, 6) is 1.79. The number of hydrogen-bond donors (Lipinski definition) is 1. The van der Waals surface area contributed by atoms with Gasteiger partial charge in [-0.15, -0.1) is 0 Å². The minimum atomic E-state index is -0.112. The number of rotatable bonds is 11. The van der Waals surface area contributed by atoms with Crippen molar-refractivity contribution in [3.05, 3.63) is 58.6 Å². The fourth-order valence-electron chi connectivity index (χ4n) is 6.78. The Labute approximate surface area is 302 Å². The molecule has 0 radical (unpaired) electrons. The number of likely N-dealkylation sites (tertiary alicyclic amines) is 1. The standard InChI is InChI=1S/C19H28ClNO2.C11H14ClNO.C8H15BrO/c1-19(23-18-9-7-16(20)8-10-18)11-12-21(15-19)13-14-22-17-5-3-2-4-6-17;1-11(6-7-13-8-11)14-10-4-2-9(12)3-5-10;9-6-7-10-8-4-2-1-3-5-8/h7-10,17H,2-6,11-15H2,1H3;2-5,13H,6-8H2,1H3;8H,1-7H2. The van der Waals surface area contributed by atoms with Crippen LogP contribution in [0.5, 0.6) is 11.5 Å². The molecule has 2 unspecified atom stereocenters. The summed E-state index contributed by atoms with van der Waals surface area (Å²) in [5.41, 5.74) is -0.174. The quantitative estimate of drug-likeness (QED) is 0.231. The second kappa shape index (κ2) is 20.6. The molecule has 6 rings (SSSR count). The largest absolute Gasteiger partial charge is 0.486 e. The zero-order valence-electron chi connectivity index (χ0n) is 28.6. The molecule has 9 heteroatoms. The maximum atomic E-state index is 6.20. The summed E-state index contributed by atoms with van der Waals surface area (Å²) in [6.07, 6.45) is 16.4. The number of alkyl halides is 1. The molecule has 1 N–H and O–H groups in total. The summed E-state index contributed by atoms with van der Waals surface area (Å²) in [4.78, 5) is 2.46. The molecule has 0 aromatic heterocycles. The van der Waals surface area contributed by atoms with Gasteiger partial charge in [0.25, 0.3) is 0 Å². The van der Waals surface area contributed by atoms with Crippen LogP contribution in [0.2, 0.25) is 10.0 Å². The van der Waals surface area contributed by atoms with E-state index in [2.05, 4.69) is 40.0 Å². The summed E-state index contributed by atoms with van der Waals surface area (Å²) < 4.78 is 23.7. The van der Waals surface area contributed by atoms with E-state index in [9.17, 15) is 0 Å². The average Bonchev–Trinajstić information content (AvgIpc) is 3.68. The molecule has 4 fully saturated rings. The van der Waals surface area contributed by atoms with Gasteiger partial charge in [0.15, 0.2) is 0 Å². The zero-order valence-corrected chi connectivity index (χ0v) is 31.7. The van der Waals surface area contributed by atoms with E-state index < -0.39 is 0 Å². The molecule has 2 atom stereocenters. The van der Waals surface area contributed by atoms with Gasteiger partial charge < -0.3 is 24.3 Å². The molecule has 0 bridgehead atoms. The van der Waals surface area contributed by atoms with Crippen molar-refractivity contribution in [1.29, 1.82) is 0 Å². The first-order valence-electron chi connectivity index (χ1n) is 17.9. The lowest BCUT2D eigenvalue weighted by molar-refractivity contribution is 0.0154. The van der Waals surface area contributed by atoms with Crippen LogP contribution in [0.3, 0.4) is 0 Å². The van der Waals surface area contributed by atoms with Crippen molar-refractivity contribution in [2.75, 3.05) is 51.3 Å². The van der Waals surface area contributed by atoms with Gasteiger partial charge in [0, 0.05) is 54.4 Å². The van der Waals surface area contributed by atoms with Crippen LogP contribution >= 0.6 is 39.1 Å². The normalized spacial score (nSPS) is 25.4. The minimum absolute atomic E-state index is 0.0617. The van der Waals surface area contributed by atoms with E-state index in [0.29, 0.717) is 12.2 Å². The highest BCUT2D eigenvalue weighted by Gasteiger charge is 2.35. The zero-order chi connectivity index (χ0) is 33.4. The number of benzene rings is 2. The molecule has 264 valence electrons. The van der Waals surface area contributed by atoms with E-state index in [1.165, 1.54) is 64.2 Å². The van der Waals surface area contributed by atoms with Crippen molar-refractivity contribution in [3.8, 4) is 11.5 Å². The molecule has 0 amide bonds. The Morgan fingerprint density at radius 2 is 1.23 bits per heavy atom. The van der Waals surface area contributed by atoms with Crippen molar-refractivity contribution in [3.63, 3.8) is 0 Å². The molecule has 4 aliphatic rings. The Bertz CT molecular complexity index is 1120. The van der Waals surface area contributed by atoms with Gasteiger partial charge in [-0.2, -0.15) is 0 Å². The maximum absolute atomic E-state index is 6.20. The van der Waals surface area contributed by atoms with E-state index in [1.54, 1.807) is 0 Å². The summed E-state index contributed by atoms with van der Waals surface area (Å²) in [6, 6.07) is 15.2. The van der Waals surface area contributed by atoms with Crippen LogP contribution in [-0.4, -0.2) is 79.6 Å². The SMILES string of the molecule is BrCCOC1CCCCC1.CC1(Oc2ccc(Cl)cc2)CCN(CCOC2CCCCC2)C1.CC1(Oc2ccc(Cl)cc2)CCNC1. The summed E-state index contributed by atoms with van der Waals surface area (Å²) in [5, 5.41) is 5.76. The number of nitrogens with one attached hydrogen (secondary N) is 1. The Balaban J connectivity index is 0.000000177. The highest BCUT2D eigenvalue weighted by Crippen LogP contribution is 2.29. The molecule has 2 aliphatic carbocycles. The van der Waals surface area contributed by atoms with Gasteiger partial charge in [0.05, 0.1) is 25.4 Å². The molecule has 2 saturated carbocycles. The second-order valence-electron chi connectivity index (χ2n) is 13.9. The Morgan fingerprint density at radius 3 is 1.72 bits per heavy atom. The summed E-state index contributed by atoms with van der Waals surface area (Å²) in [6.45, 7) is 11.1. The van der Waals surface area contributed by atoms with Crippen LogP contribution in [-0.2, 0) is 9.47 Å². The molecule has 0 spiro atoms. The topological polar surface area (TPSA) is 52.2 Å². The van der Waals surface area contributed by atoms with E-state index in [0.717, 1.165) is 85.7 Å². The summed E-state index contributed by atoms with van der Waals surface area (Å²) in [7, 11) is 0. The Morgan fingerprint density at radius 1 is 0.723 bits per heavy atom. The van der Waals surface area contributed by atoms with Gasteiger partial charge >= 0.3 is 0 Å². The van der Waals surface area contributed by atoms with Gasteiger partial charge in [-0.3, -0.25) is 4.90 Å². The molecule has 2 saturated heterocycles. The van der Waals surface area contributed by atoms with Gasteiger partial charge in [-0.1, -0.05) is 77.7 Å². The monoisotopic (exact) mass is 754 g/mol. The third-order valence-corrected chi connectivity index (χ3v) is 10.3. The first kappa shape index (κ1) is 38.7. The molecule has 6 nitrogen and oxygen atoms in total. The highest BCUT2D eigenvalue weighted by molar-refractivity contribution is 9.09. The van der Waals surface area contributed by atoms with Crippen LogP contribution in [0.1, 0.15) is 90.9 Å². The van der Waals surface area contributed by atoms with Gasteiger partial charge in [-0.25, -0.2) is 0 Å². The maximum Gasteiger partial charge on any atom is 0.120 e. The molecule has 2 aromatic rings. The number of nitrogens with zero attached hydrogens (tertiary/aromatic N) is 1. The Hall–Kier alpha value is -1.06. The van der Waals surface area contributed by atoms with Crippen molar-refractivity contribution in [2.45, 2.75) is 114 Å². The van der Waals surface area contributed by atoms with Crippen LogP contribution < -0.4 is 14.8 Å². The molecular weight excluding hydrogens is 699 g/mol. The first-order chi connectivity index (χ1) is 22.7. The lowest BCUT2D eigenvalue weighted by Gasteiger charge is -2.27. The molecular formula is C38H57BrCl2N2O4. The third kappa shape index (κ3) is 14.8. The molecule has 2 aliphatic heterocycles. The fraction of sp³-hybridized carbons (Fsp3) is 0.684. The van der Waals surface area contributed by atoms with Crippen molar-refractivity contribution in [2.24, 2.45) is 0 Å². The number of halogens is 3. The van der Waals surface area contributed by atoms with Crippen molar-refractivity contribution in [1.82, 2.24) is 10.2 Å². The number of hydrogen-bond acceptors (Lipinski definition) is 6. The Kier molecular flexibility index (Phi) is 17.0. The first-order valence-corrected chi connectivity index (χ1v) is 19.7. The second-order valence-corrected chi connectivity index (χ2v) is 15.6. The van der Waals surface area contributed by atoms with Crippen LogP contribution in [0, 0.1) is 0 Å². The molecule has 2 heterocycles. The third-order valence-electron chi connectivity index (χ3n) is 9.50. The summed E-state index contributed by atoms with van der Waals surface area (Å²) >= 11 is 15.1. The van der Waals surface area contributed by atoms with Gasteiger partial charge in [0.1, 0.15) is 22.7 Å². The molecule has 47 heavy (non-hydrogen) atoms.